The topological polar surface area (TPSA) is 92.5 Å². The van der Waals surface area contributed by atoms with E-state index in [4.69, 9.17) is 14.2 Å². The molecule has 8 heteroatoms. The Hall–Kier alpha value is -3.68. The highest BCUT2D eigenvalue weighted by molar-refractivity contribution is 5.87. The molecule has 0 unspecified atom stereocenters. The first-order valence-electron chi connectivity index (χ1n) is 8.02. The van der Waals surface area contributed by atoms with Crippen LogP contribution in [0.5, 0.6) is 11.5 Å². The molecule has 0 bridgehead atoms. The fourth-order valence-corrected chi connectivity index (χ4v) is 2.48. The van der Waals surface area contributed by atoms with Gasteiger partial charge < -0.3 is 14.2 Å². The maximum Gasteiger partial charge on any atom is 0.332 e. The van der Waals surface area contributed by atoms with Crippen molar-refractivity contribution >= 4 is 22.9 Å². The highest BCUT2D eigenvalue weighted by Gasteiger charge is 2.09. The first-order chi connectivity index (χ1) is 13.1. The van der Waals surface area contributed by atoms with Gasteiger partial charge in [0.2, 0.25) is 0 Å². The molecule has 0 saturated heterocycles. The van der Waals surface area contributed by atoms with Gasteiger partial charge in [-0.3, -0.25) is 4.79 Å². The number of carbonyl (C=O) groups excluding carboxylic acids is 1. The number of benzene rings is 2. The van der Waals surface area contributed by atoms with Crippen molar-refractivity contribution in [3.63, 3.8) is 0 Å². The van der Waals surface area contributed by atoms with Crippen molar-refractivity contribution < 1.29 is 19.0 Å². The second-order valence-electron chi connectivity index (χ2n) is 5.42. The number of aromatic nitrogens is 3. The molecule has 0 amide bonds. The number of methoxy groups -OCH3 is 2. The van der Waals surface area contributed by atoms with Crippen LogP contribution in [0.2, 0.25) is 0 Å². The molecule has 0 N–H and O–H groups in total. The predicted molar refractivity (Wildman–Crippen MR) is 98.5 cm³/mol. The van der Waals surface area contributed by atoms with Gasteiger partial charge in [-0.15, -0.1) is 5.10 Å². The van der Waals surface area contributed by atoms with Crippen LogP contribution in [0, 0.1) is 0 Å². The van der Waals surface area contributed by atoms with E-state index in [2.05, 4.69) is 10.3 Å². The number of nitrogens with zero attached hydrogens (tertiary/aromatic N) is 3. The molecule has 0 radical (unpaired) electrons. The lowest BCUT2D eigenvalue weighted by atomic mass is 10.1. The van der Waals surface area contributed by atoms with Crippen LogP contribution in [0.25, 0.3) is 17.0 Å². The Morgan fingerprint density at radius 3 is 2.70 bits per heavy atom. The minimum atomic E-state index is -0.637. The Bertz CT molecular complexity index is 1060. The van der Waals surface area contributed by atoms with Crippen LogP contribution in [0.4, 0.5) is 0 Å². The SMILES string of the molecule is COc1cccc(C=CC(=O)OCn2nnc3ccccc3c2=O)c1OC. The van der Waals surface area contributed by atoms with Crippen LogP contribution < -0.4 is 15.0 Å². The van der Waals surface area contributed by atoms with E-state index in [0.29, 0.717) is 28.0 Å². The number of esters is 1. The second-order valence-corrected chi connectivity index (χ2v) is 5.42. The summed E-state index contributed by atoms with van der Waals surface area (Å²) in [5, 5.41) is 8.09. The van der Waals surface area contributed by atoms with E-state index in [-0.39, 0.29) is 12.3 Å². The summed E-state index contributed by atoms with van der Waals surface area (Å²) in [5.74, 6) is 0.411. The lowest BCUT2D eigenvalue weighted by Gasteiger charge is -2.09. The maximum atomic E-state index is 12.3. The Balaban J connectivity index is 1.71. The molecule has 0 aliphatic rings. The molecule has 0 fully saturated rings. The summed E-state index contributed by atoms with van der Waals surface area (Å²) in [7, 11) is 3.04. The zero-order valence-electron chi connectivity index (χ0n) is 14.8. The van der Waals surface area contributed by atoms with Gasteiger partial charge >= 0.3 is 5.97 Å². The third kappa shape index (κ3) is 3.95. The van der Waals surface area contributed by atoms with Gasteiger partial charge in [-0.25, -0.2) is 4.79 Å². The zero-order chi connectivity index (χ0) is 19.2. The van der Waals surface area contributed by atoms with Crippen molar-refractivity contribution in [1.82, 2.24) is 15.0 Å². The lowest BCUT2D eigenvalue weighted by molar-refractivity contribution is -0.141. The summed E-state index contributed by atoms with van der Waals surface area (Å²) in [6.07, 6.45) is 2.77. The van der Waals surface area contributed by atoms with Crippen molar-refractivity contribution in [2.75, 3.05) is 14.2 Å². The summed E-state index contributed by atoms with van der Waals surface area (Å²) in [4.78, 5) is 24.3. The molecule has 0 saturated carbocycles. The molecule has 1 aromatic heterocycles. The number of carbonyl (C=O) groups is 1. The predicted octanol–water partition coefficient (Wildman–Crippen LogP) is 2.02. The fourth-order valence-electron chi connectivity index (χ4n) is 2.48. The van der Waals surface area contributed by atoms with Gasteiger partial charge in [0.1, 0.15) is 5.52 Å². The largest absolute Gasteiger partial charge is 0.493 e. The van der Waals surface area contributed by atoms with E-state index >= 15 is 0 Å². The van der Waals surface area contributed by atoms with Gasteiger partial charge in [0.15, 0.2) is 18.2 Å². The average molecular weight is 367 g/mol. The maximum absolute atomic E-state index is 12.3. The summed E-state index contributed by atoms with van der Waals surface area (Å²) in [6, 6.07) is 12.1. The van der Waals surface area contributed by atoms with Crippen LogP contribution >= 0.6 is 0 Å². The van der Waals surface area contributed by atoms with Crippen LogP contribution in [0.1, 0.15) is 5.56 Å². The van der Waals surface area contributed by atoms with E-state index in [1.54, 1.807) is 48.5 Å². The van der Waals surface area contributed by atoms with Crippen LogP contribution in [0.3, 0.4) is 0 Å². The van der Waals surface area contributed by atoms with E-state index in [1.165, 1.54) is 20.3 Å². The third-order valence-electron chi connectivity index (χ3n) is 3.79. The quantitative estimate of drug-likeness (QED) is 0.486. The van der Waals surface area contributed by atoms with Crippen molar-refractivity contribution in [3.8, 4) is 11.5 Å². The van der Waals surface area contributed by atoms with Gasteiger partial charge in [-0.1, -0.05) is 29.5 Å². The van der Waals surface area contributed by atoms with Gasteiger partial charge in [0.25, 0.3) is 5.56 Å². The van der Waals surface area contributed by atoms with E-state index in [9.17, 15) is 9.59 Å². The van der Waals surface area contributed by atoms with Crippen LogP contribution in [-0.4, -0.2) is 35.2 Å². The number of hydrogen-bond donors (Lipinski definition) is 0. The molecular formula is C19H17N3O5. The first-order valence-corrected chi connectivity index (χ1v) is 8.02. The molecule has 0 atom stereocenters. The summed E-state index contributed by atoms with van der Waals surface area (Å²) < 4.78 is 16.6. The molecule has 1 heterocycles. The molecule has 27 heavy (non-hydrogen) atoms. The molecule has 2 aromatic carbocycles. The third-order valence-corrected chi connectivity index (χ3v) is 3.79. The smallest absolute Gasteiger partial charge is 0.332 e. The molecular weight excluding hydrogens is 350 g/mol. The van der Waals surface area contributed by atoms with E-state index < -0.39 is 5.97 Å². The molecule has 3 rings (SSSR count). The molecule has 0 spiro atoms. The lowest BCUT2D eigenvalue weighted by Crippen LogP contribution is -2.26. The summed E-state index contributed by atoms with van der Waals surface area (Å²) in [6.45, 7) is -0.338. The van der Waals surface area contributed by atoms with Crippen molar-refractivity contribution in [2.45, 2.75) is 6.73 Å². The normalized spacial score (nSPS) is 10.9. The Morgan fingerprint density at radius 1 is 1.11 bits per heavy atom. The van der Waals surface area contributed by atoms with Gasteiger partial charge in [0, 0.05) is 11.6 Å². The van der Waals surface area contributed by atoms with Gasteiger partial charge in [-0.05, 0) is 24.3 Å². The monoisotopic (exact) mass is 367 g/mol. The Labute approximate surface area is 154 Å². The van der Waals surface area contributed by atoms with Crippen LogP contribution in [-0.2, 0) is 16.3 Å². The number of rotatable bonds is 6. The highest BCUT2D eigenvalue weighted by atomic mass is 16.5. The number of ether oxygens (including phenoxy) is 3. The minimum absolute atomic E-state index is 0.338. The summed E-state index contributed by atoms with van der Waals surface area (Å²) in [5.41, 5.74) is 0.749. The Morgan fingerprint density at radius 2 is 1.93 bits per heavy atom. The van der Waals surface area contributed by atoms with E-state index in [1.807, 2.05) is 0 Å². The number of fused-ring (bicyclic) bond motifs is 1. The molecule has 138 valence electrons. The molecule has 8 nitrogen and oxygen atoms in total. The first kappa shape index (κ1) is 18.1. The average Bonchev–Trinajstić information content (AvgIpc) is 2.71. The van der Waals surface area contributed by atoms with Crippen molar-refractivity contribution in [1.29, 1.82) is 0 Å². The van der Waals surface area contributed by atoms with Crippen LogP contribution in [0.15, 0.2) is 53.3 Å². The van der Waals surface area contributed by atoms with Gasteiger partial charge in [0.05, 0.1) is 19.6 Å². The Kier molecular flexibility index (Phi) is 5.46. The fraction of sp³-hybridized carbons (Fsp3) is 0.158. The van der Waals surface area contributed by atoms with Crippen molar-refractivity contribution in [3.05, 3.63) is 64.5 Å². The van der Waals surface area contributed by atoms with E-state index in [0.717, 1.165) is 4.68 Å². The standard InChI is InChI=1S/C19H17N3O5/c1-25-16-9-5-6-13(18(16)26-2)10-11-17(23)27-12-22-19(24)14-7-3-4-8-15(14)20-21-22/h3-11H,12H2,1-2H3. The number of para-hydroxylation sites is 1. The summed E-state index contributed by atoms with van der Waals surface area (Å²) >= 11 is 0. The zero-order valence-corrected chi connectivity index (χ0v) is 14.8. The number of hydrogen-bond acceptors (Lipinski definition) is 7. The van der Waals surface area contributed by atoms with Crippen molar-refractivity contribution in [2.24, 2.45) is 0 Å². The molecule has 0 aliphatic carbocycles. The minimum Gasteiger partial charge on any atom is -0.493 e. The molecule has 3 aromatic rings. The second kappa shape index (κ2) is 8.13. The molecule has 0 aliphatic heterocycles. The highest BCUT2D eigenvalue weighted by Crippen LogP contribution is 2.31. The van der Waals surface area contributed by atoms with Gasteiger partial charge in [-0.2, -0.15) is 4.68 Å².